The molecule has 1 aliphatic heterocycles. The molecule has 6 rings (SSSR count). The van der Waals surface area contributed by atoms with Gasteiger partial charge in [0.25, 0.3) is 0 Å². The van der Waals surface area contributed by atoms with Crippen molar-refractivity contribution in [2.24, 2.45) is 5.92 Å². The van der Waals surface area contributed by atoms with Crippen molar-refractivity contribution in [1.29, 1.82) is 0 Å². The molecule has 4 heteroatoms. The van der Waals surface area contributed by atoms with E-state index in [-0.39, 0.29) is 5.60 Å². The zero-order chi connectivity index (χ0) is 29.3. The number of benzene rings is 5. The van der Waals surface area contributed by atoms with Gasteiger partial charge in [-0.1, -0.05) is 111 Å². The fourth-order valence-electron chi connectivity index (χ4n) is 5.84. The molecule has 3 nitrogen and oxygen atoms in total. The van der Waals surface area contributed by atoms with E-state index < -0.39 is 12.7 Å². The van der Waals surface area contributed by atoms with Crippen LogP contribution in [0, 0.1) is 5.92 Å². The highest BCUT2D eigenvalue weighted by Crippen LogP contribution is 2.42. The van der Waals surface area contributed by atoms with Crippen molar-refractivity contribution in [3.63, 3.8) is 0 Å². The van der Waals surface area contributed by atoms with Crippen LogP contribution in [-0.4, -0.2) is 18.3 Å². The third kappa shape index (κ3) is 5.29. The molecule has 42 heavy (non-hydrogen) atoms. The van der Waals surface area contributed by atoms with Crippen LogP contribution < -0.4 is 10.4 Å². The monoisotopic (exact) mass is 551 g/mol. The largest absolute Gasteiger partial charge is 0.494 e. The Labute approximate surface area is 250 Å². The second-order valence-electron chi connectivity index (χ2n) is 12.1. The van der Waals surface area contributed by atoms with Crippen molar-refractivity contribution < 1.29 is 9.31 Å². The molecule has 0 spiro atoms. The number of hydrogen-bond donors (Lipinski definition) is 0. The Kier molecular flexibility index (Phi) is 7.53. The third-order valence-corrected chi connectivity index (χ3v) is 8.94. The molecular formula is C38H38BNO2. The Bertz CT molecular complexity index is 1530. The summed E-state index contributed by atoms with van der Waals surface area (Å²) in [6, 6.07) is 47.1. The van der Waals surface area contributed by atoms with Crippen LogP contribution in [0.25, 0.3) is 22.3 Å². The van der Waals surface area contributed by atoms with Gasteiger partial charge in [-0.25, -0.2) is 0 Å². The van der Waals surface area contributed by atoms with Gasteiger partial charge in [0, 0.05) is 17.1 Å². The van der Waals surface area contributed by atoms with Gasteiger partial charge in [0.2, 0.25) is 0 Å². The third-order valence-electron chi connectivity index (χ3n) is 8.94. The van der Waals surface area contributed by atoms with E-state index in [4.69, 9.17) is 9.31 Å². The zero-order valence-corrected chi connectivity index (χ0v) is 25.1. The van der Waals surface area contributed by atoms with Gasteiger partial charge >= 0.3 is 7.12 Å². The van der Waals surface area contributed by atoms with Crippen LogP contribution in [0.1, 0.15) is 34.6 Å². The first-order valence-corrected chi connectivity index (χ1v) is 14.8. The normalized spacial score (nSPS) is 17.9. The van der Waals surface area contributed by atoms with E-state index in [9.17, 15) is 0 Å². The van der Waals surface area contributed by atoms with Crippen molar-refractivity contribution in [1.82, 2.24) is 0 Å². The minimum atomic E-state index is -0.398. The van der Waals surface area contributed by atoms with Crippen LogP contribution in [0.5, 0.6) is 0 Å². The Hall–Kier alpha value is -4.12. The SMILES string of the molecule is CC(C)C1(C)OB(c2ccc(N(c3ccc(-c4ccccc4)cc3)c3ccc(-c4ccccc4)cc3)cc2)OC1(C)C. The Morgan fingerprint density at radius 2 is 0.881 bits per heavy atom. The molecule has 1 aliphatic rings. The summed E-state index contributed by atoms with van der Waals surface area (Å²) in [6.45, 7) is 10.8. The smallest absolute Gasteiger partial charge is 0.399 e. The first-order valence-electron chi connectivity index (χ1n) is 14.8. The molecule has 0 radical (unpaired) electrons. The predicted molar refractivity (Wildman–Crippen MR) is 177 cm³/mol. The van der Waals surface area contributed by atoms with Crippen molar-refractivity contribution in [3.05, 3.63) is 133 Å². The molecule has 1 heterocycles. The summed E-state index contributed by atoms with van der Waals surface area (Å²) >= 11 is 0. The van der Waals surface area contributed by atoms with Crippen LogP contribution >= 0.6 is 0 Å². The van der Waals surface area contributed by atoms with E-state index in [1.807, 2.05) is 12.1 Å². The Morgan fingerprint density at radius 1 is 0.500 bits per heavy atom. The molecule has 0 aliphatic carbocycles. The fourth-order valence-corrected chi connectivity index (χ4v) is 5.84. The number of anilines is 3. The zero-order valence-electron chi connectivity index (χ0n) is 25.1. The van der Waals surface area contributed by atoms with Crippen LogP contribution in [0.4, 0.5) is 17.1 Å². The van der Waals surface area contributed by atoms with Crippen molar-refractivity contribution in [3.8, 4) is 22.3 Å². The van der Waals surface area contributed by atoms with E-state index in [0.29, 0.717) is 5.92 Å². The minimum Gasteiger partial charge on any atom is -0.399 e. The molecule has 0 aromatic heterocycles. The summed E-state index contributed by atoms with van der Waals surface area (Å²) in [7, 11) is -0.398. The lowest BCUT2D eigenvalue weighted by Crippen LogP contribution is -2.48. The average Bonchev–Trinajstić information content (AvgIpc) is 3.28. The second kappa shape index (κ2) is 11.3. The van der Waals surface area contributed by atoms with Crippen molar-refractivity contribution in [2.45, 2.75) is 45.8 Å². The highest BCUT2D eigenvalue weighted by molar-refractivity contribution is 6.62. The molecule has 1 unspecified atom stereocenters. The van der Waals surface area contributed by atoms with E-state index in [1.54, 1.807) is 0 Å². The van der Waals surface area contributed by atoms with E-state index in [1.165, 1.54) is 22.3 Å². The first kappa shape index (κ1) is 28.0. The molecule has 1 saturated heterocycles. The van der Waals surface area contributed by atoms with E-state index in [2.05, 4.69) is 161 Å². The summed E-state index contributed by atoms with van der Waals surface area (Å²) in [5.74, 6) is 0.324. The summed E-state index contributed by atoms with van der Waals surface area (Å²) in [5, 5.41) is 0. The van der Waals surface area contributed by atoms with Crippen molar-refractivity contribution in [2.75, 3.05) is 4.90 Å². The van der Waals surface area contributed by atoms with E-state index >= 15 is 0 Å². The maximum absolute atomic E-state index is 6.56. The highest BCUT2D eigenvalue weighted by atomic mass is 16.7. The number of hydrogen-bond acceptors (Lipinski definition) is 3. The summed E-state index contributed by atoms with van der Waals surface area (Å²) < 4.78 is 13.0. The lowest BCUT2D eigenvalue weighted by molar-refractivity contribution is -0.0435. The van der Waals surface area contributed by atoms with Gasteiger partial charge in [0.15, 0.2) is 0 Å². The topological polar surface area (TPSA) is 21.7 Å². The fraction of sp³-hybridized carbons (Fsp3) is 0.211. The quantitative estimate of drug-likeness (QED) is 0.188. The van der Waals surface area contributed by atoms with Gasteiger partial charge in [-0.2, -0.15) is 0 Å². The maximum Gasteiger partial charge on any atom is 0.494 e. The van der Waals surface area contributed by atoms with E-state index in [0.717, 1.165) is 22.5 Å². The summed E-state index contributed by atoms with van der Waals surface area (Å²) in [5.41, 5.74) is 8.33. The van der Waals surface area contributed by atoms with Gasteiger partial charge in [-0.3, -0.25) is 0 Å². The Balaban J connectivity index is 1.34. The van der Waals surface area contributed by atoms with Crippen LogP contribution in [0.15, 0.2) is 133 Å². The molecule has 0 N–H and O–H groups in total. The molecule has 5 aromatic carbocycles. The van der Waals surface area contributed by atoms with Gasteiger partial charge in [-0.05, 0) is 90.8 Å². The van der Waals surface area contributed by atoms with Gasteiger partial charge in [0.05, 0.1) is 11.2 Å². The molecule has 210 valence electrons. The number of nitrogens with zero attached hydrogens (tertiary/aromatic N) is 1. The lowest BCUT2D eigenvalue weighted by Gasteiger charge is -2.39. The van der Waals surface area contributed by atoms with Gasteiger partial charge < -0.3 is 14.2 Å². The first-order chi connectivity index (χ1) is 20.2. The molecule has 0 saturated carbocycles. The molecule has 0 amide bonds. The molecule has 1 atom stereocenters. The van der Waals surface area contributed by atoms with Crippen LogP contribution in [-0.2, 0) is 9.31 Å². The number of rotatable bonds is 7. The predicted octanol–water partition coefficient (Wildman–Crippen LogP) is 9.43. The molecular weight excluding hydrogens is 513 g/mol. The van der Waals surface area contributed by atoms with Crippen LogP contribution in [0.3, 0.4) is 0 Å². The molecule has 0 bridgehead atoms. The van der Waals surface area contributed by atoms with Crippen molar-refractivity contribution >= 4 is 29.6 Å². The minimum absolute atomic E-state index is 0.324. The second-order valence-corrected chi connectivity index (χ2v) is 12.1. The van der Waals surface area contributed by atoms with Gasteiger partial charge in [-0.15, -0.1) is 0 Å². The molecule has 5 aromatic rings. The Morgan fingerprint density at radius 3 is 1.26 bits per heavy atom. The average molecular weight is 552 g/mol. The molecule has 1 fully saturated rings. The summed E-state index contributed by atoms with van der Waals surface area (Å²) in [4.78, 5) is 2.30. The van der Waals surface area contributed by atoms with Gasteiger partial charge in [0.1, 0.15) is 0 Å². The summed E-state index contributed by atoms with van der Waals surface area (Å²) in [6.07, 6.45) is 0. The maximum atomic E-state index is 6.56. The van der Waals surface area contributed by atoms with Crippen LogP contribution in [0.2, 0.25) is 0 Å². The lowest BCUT2D eigenvalue weighted by atomic mass is 9.78. The highest BCUT2D eigenvalue weighted by Gasteiger charge is 2.56. The standard InChI is InChI=1S/C38H38BNO2/c1-28(2)38(5)37(3,4)41-39(42-38)33-20-26-36(27-21-33)40(34-22-16-31(17-23-34)29-12-8-6-9-13-29)35-24-18-32(19-25-35)30-14-10-7-11-15-30/h6-28H,1-5H3.